The minimum atomic E-state index is -6.29. The van der Waals surface area contributed by atoms with Crippen molar-refractivity contribution >= 4 is 62.6 Å². The number of fused-ring (bicyclic) bond motifs is 1. The molecule has 29 heteroatoms. The van der Waals surface area contributed by atoms with E-state index in [1.807, 2.05) is 0 Å². The van der Waals surface area contributed by atoms with Crippen molar-refractivity contribution < 1.29 is 99.6 Å². The van der Waals surface area contributed by atoms with E-state index in [0.717, 1.165) is 45.5 Å². The maximum atomic E-state index is 13.1. The molecule has 0 bridgehead atoms. The van der Waals surface area contributed by atoms with Gasteiger partial charge in [0.1, 0.15) is 31.0 Å². The van der Waals surface area contributed by atoms with E-state index in [1.54, 1.807) is 0 Å². The van der Waals surface area contributed by atoms with Crippen LogP contribution < -0.4 is 21.1 Å². The molecule has 4 heterocycles. The van der Waals surface area contributed by atoms with Crippen LogP contribution in [0.5, 0.6) is 0 Å². The van der Waals surface area contributed by atoms with Crippen molar-refractivity contribution in [2.45, 2.75) is 96.0 Å². The van der Waals surface area contributed by atoms with E-state index >= 15 is 0 Å². The molecule has 2 aromatic rings. The number of phosphoric acid groups is 2. The number of ether oxygens (including phenoxy) is 7. The van der Waals surface area contributed by atoms with Crippen molar-refractivity contribution in [3.05, 3.63) is 16.7 Å². The van der Waals surface area contributed by atoms with Crippen LogP contribution in [0.25, 0.3) is 11.2 Å². The number of aromatic amines is 1. The molecule has 2 fully saturated rings. The molecule has 0 aliphatic carbocycles. The van der Waals surface area contributed by atoms with Gasteiger partial charge in [0.15, 0.2) is 41.8 Å². The second-order valence-corrected chi connectivity index (χ2v) is 14.8. The number of H-pyrrole nitrogens is 1. The Labute approximate surface area is 313 Å². The second kappa shape index (κ2) is 17.8. The molecule has 0 saturated carbocycles. The van der Waals surface area contributed by atoms with Gasteiger partial charge in [-0.05, 0) is 0 Å². The fraction of sp³-hybridized carbons (Fsp3) is 0.630. The summed E-state index contributed by atoms with van der Waals surface area (Å²) in [6.07, 6.45) is -18.4. The lowest BCUT2D eigenvalue weighted by molar-refractivity contribution is -0.318. The Morgan fingerprint density at radius 1 is 0.911 bits per heavy atom. The number of aromatic nitrogens is 4. The number of aliphatic hydroxyl groups excluding tert-OH is 2. The van der Waals surface area contributed by atoms with E-state index in [9.17, 15) is 57.9 Å². The third-order valence-corrected chi connectivity index (χ3v) is 9.99. The number of carbonyl (C=O) groups excluding carboxylic acids is 5. The predicted molar refractivity (Wildman–Crippen MR) is 169 cm³/mol. The molecule has 2 saturated heterocycles. The zero-order valence-corrected chi connectivity index (χ0v) is 31.4. The molecule has 0 aromatic carbocycles. The molecule has 0 radical (unpaired) electrons. The number of nitrogen functional groups attached to an aromatic ring is 1. The van der Waals surface area contributed by atoms with Crippen LogP contribution in [0.4, 0.5) is 5.95 Å². The van der Waals surface area contributed by atoms with Gasteiger partial charge in [0.25, 0.3) is 21.2 Å². The Hall–Kier alpha value is -4.40. The number of hydrogen-bond donors (Lipinski definition) is 4. The van der Waals surface area contributed by atoms with Crippen LogP contribution in [0.2, 0.25) is 0 Å². The fourth-order valence-corrected chi connectivity index (χ4v) is 7.56. The SMILES string of the molecule is CC(=O)OC[C@@H](OC(C)=O)[C@H]1O[C@H](OP(=O)([O-])OP(=O)([O-])OC[C@H]2O[C@@H](n3cnc4c(=O)[nH]c(N)nc43)[C@H](O)[C@@H]2O)[C@@H](OC(C)=O)[C@@H](OC(C)=O)[C@@H]1OC(C)=O. The van der Waals surface area contributed by atoms with Crippen LogP contribution in [0.3, 0.4) is 0 Å². The monoisotopic (exact) mass is 843 g/mol. The summed E-state index contributed by atoms with van der Waals surface area (Å²) in [6, 6.07) is 0. The van der Waals surface area contributed by atoms with Crippen LogP contribution in [-0.4, -0.2) is 128 Å². The summed E-state index contributed by atoms with van der Waals surface area (Å²) in [4.78, 5) is 108. The van der Waals surface area contributed by atoms with Crippen LogP contribution in [0, 0.1) is 0 Å². The Kier molecular flexibility index (Phi) is 14.1. The molecule has 0 amide bonds. The number of nitrogens with one attached hydrogen (secondary N) is 1. The average molecular weight is 844 g/mol. The van der Waals surface area contributed by atoms with Crippen molar-refractivity contribution in [1.29, 1.82) is 0 Å². The van der Waals surface area contributed by atoms with Gasteiger partial charge in [0, 0.05) is 34.6 Å². The standard InChI is InChI=1S/C27H37N5O22P2/c1-9(33)45-6-15(47-10(2)34)19-20(48-11(3)35)21(49-12(4)36)22(50-13(5)37)26(52-19)53-56(43,44)54-55(41,42)46-7-14-17(38)18(39)25(51-14)32-8-29-16-23(32)30-27(28)31-24(16)40/h8,14-15,17-22,25-26,38-39H,6-7H2,1-5H3,(H,41,42)(H,43,44)(H3,28,30,31,40)/p-2/t14-,15-,17-,18-,19-,20-,21+,22+,25-,26-/m1/s1. The first-order chi connectivity index (χ1) is 26.0. The van der Waals surface area contributed by atoms with Gasteiger partial charge in [-0.2, -0.15) is 4.98 Å². The number of nitrogens with zero attached hydrogens (tertiary/aromatic N) is 3. The van der Waals surface area contributed by atoms with Crippen molar-refractivity contribution in [2.75, 3.05) is 18.9 Å². The Balaban J connectivity index is 1.57. The smallest absolute Gasteiger partial charge is 0.303 e. The molecule has 2 aliphatic heterocycles. The average Bonchev–Trinajstić information content (AvgIpc) is 3.59. The number of phosphoric ester groups is 2. The minimum Gasteiger partial charge on any atom is -0.756 e. The van der Waals surface area contributed by atoms with Gasteiger partial charge >= 0.3 is 29.8 Å². The lowest BCUT2D eigenvalue weighted by Crippen LogP contribution is -2.65. The highest BCUT2D eigenvalue weighted by molar-refractivity contribution is 7.59. The van der Waals surface area contributed by atoms with E-state index in [1.165, 1.54) is 0 Å². The van der Waals surface area contributed by atoms with Gasteiger partial charge < -0.3 is 63.4 Å². The van der Waals surface area contributed by atoms with Crippen LogP contribution in [0.15, 0.2) is 11.1 Å². The molecular formula is C27H35N5O22P2-2. The van der Waals surface area contributed by atoms with Crippen LogP contribution >= 0.6 is 15.6 Å². The maximum absolute atomic E-state index is 13.1. The second-order valence-electron chi connectivity index (χ2n) is 11.8. The number of rotatable bonds is 15. The Morgan fingerprint density at radius 3 is 2.11 bits per heavy atom. The van der Waals surface area contributed by atoms with Gasteiger partial charge in [-0.1, -0.05) is 0 Å². The zero-order valence-electron chi connectivity index (χ0n) is 29.6. The molecule has 12 atom stereocenters. The molecule has 2 aromatic heterocycles. The molecule has 5 N–H and O–H groups in total. The lowest BCUT2D eigenvalue weighted by atomic mass is 9.94. The third kappa shape index (κ3) is 11.1. The number of esters is 5. The quantitative estimate of drug-likeness (QED) is 0.0762. The number of hydrogen-bond acceptors (Lipinski definition) is 25. The van der Waals surface area contributed by atoms with Gasteiger partial charge in [0.05, 0.1) is 12.9 Å². The number of carbonyl (C=O) groups is 5. The maximum Gasteiger partial charge on any atom is 0.303 e. The highest BCUT2D eigenvalue weighted by Gasteiger charge is 2.56. The number of aliphatic hydroxyl groups is 2. The summed E-state index contributed by atoms with van der Waals surface area (Å²) in [7, 11) is -12.4. The first-order valence-electron chi connectivity index (χ1n) is 15.9. The summed E-state index contributed by atoms with van der Waals surface area (Å²) in [5, 5.41) is 21.2. The summed E-state index contributed by atoms with van der Waals surface area (Å²) in [5.74, 6) is -5.69. The predicted octanol–water partition coefficient (Wildman–Crippen LogP) is -3.68. The van der Waals surface area contributed by atoms with Gasteiger partial charge in [0.2, 0.25) is 12.2 Å². The molecule has 56 heavy (non-hydrogen) atoms. The van der Waals surface area contributed by atoms with Crippen molar-refractivity contribution in [3.8, 4) is 0 Å². The molecule has 4 rings (SSSR count). The van der Waals surface area contributed by atoms with Gasteiger partial charge in [-0.15, -0.1) is 0 Å². The summed E-state index contributed by atoms with van der Waals surface area (Å²) < 4.78 is 77.0. The van der Waals surface area contributed by atoms with E-state index < -0.39 is 126 Å². The van der Waals surface area contributed by atoms with E-state index in [2.05, 4.69) is 23.8 Å². The Bertz CT molecular complexity index is 1970. The number of nitrogens with two attached hydrogens (primary N) is 1. The minimum absolute atomic E-state index is 0.189. The Morgan fingerprint density at radius 2 is 1.52 bits per heavy atom. The van der Waals surface area contributed by atoms with Gasteiger partial charge in [-0.25, -0.2) is 9.29 Å². The molecule has 0 spiro atoms. The van der Waals surface area contributed by atoms with Gasteiger partial charge in [-0.3, -0.25) is 52.0 Å². The highest BCUT2D eigenvalue weighted by atomic mass is 31.3. The zero-order chi connectivity index (χ0) is 41.9. The molecule has 2 aliphatic rings. The fourth-order valence-electron chi connectivity index (χ4n) is 5.48. The molecular weight excluding hydrogens is 808 g/mol. The number of anilines is 1. The highest BCUT2D eigenvalue weighted by Crippen LogP contribution is 2.57. The third-order valence-electron chi connectivity index (χ3n) is 7.46. The molecule has 27 nitrogen and oxygen atoms in total. The van der Waals surface area contributed by atoms with Crippen LogP contribution in [0.1, 0.15) is 40.8 Å². The first kappa shape index (κ1) is 44.3. The summed E-state index contributed by atoms with van der Waals surface area (Å²) in [6.45, 7) is 2.38. The summed E-state index contributed by atoms with van der Waals surface area (Å²) in [5.41, 5.74) is 4.39. The van der Waals surface area contributed by atoms with Crippen molar-refractivity contribution in [1.82, 2.24) is 19.5 Å². The van der Waals surface area contributed by atoms with Crippen molar-refractivity contribution in [2.24, 2.45) is 0 Å². The van der Waals surface area contributed by atoms with E-state index in [-0.39, 0.29) is 17.1 Å². The van der Waals surface area contributed by atoms with Crippen molar-refractivity contribution in [3.63, 3.8) is 0 Å². The topological polar surface area (TPSA) is 388 Å². The lowest BCUT2D eigenvalue weighted by Gasteiger charge is -2.46. The first-order valence-corrected chi connectivity index (χ1v) is 18.8. The summed E-state index contributed by atoms with van der Waals surface area (Å²) >= 11 is 0. The van der Waals surface area contributed by atoms with E-state index in [4.69, 9.17) is 43.4 Å². The van der Waals surface area contributed by atoms with Crippen LogP contribution in [-0.2, 0) is 79.6 Å². The van der Waals surface area contributed by atoms with E-state index in [0.29, 0.717) is 0 Å². The molecule has 312 valence electrons. The largest absolute Gasteiger partial charge is 0.756 e. The normalized spacial score (nSPS) is 29.0. The number of imidazole rings is 1. The molecule has 2 unspecified atom stereocenters.